The highest BCUT2D eigenvalue weighted by Crippen LogP contribution is 2.53. The van der Waals surface area contributed by atoms with Crippen LogP contribution < -0.4 is 0 Å². The van der Waals surface area contributed by atoms with Gasteiger partial charge in [0.2, 0.25) is 0 Å². The van der Waals surface area contributed by atoms with Crippen molar-refractivity contribution in [2.45, 2.75) is 18.4 Å². The van der Waals surface area contributed by atoms with Gasteiger partial charge in [-0.2, -0.15) is 0 Å². The third-order valence-electron chi connectivity index (χ3n) is 2.75. The third kappa shape index (κ3) is 1.42. The Labute approximate surface area is 103 Å². The van der Waals surface area contributed by atoms with E-state index in [9.17, 15) is 13.2 Å². The number of imidazole rings is 1. The molecule has 0 saturated heterocycles. The van der Waals surface area contributed by atoms with Crippen LogP contribution in [0.4, 0.5) is 13.2 Å². The molecule has 16 heavy (non-hydrogen) atoms. The Hall–Kier alpha value is -0.790. The van der Waals surface area contributed by atoms with Gasteiger partial charge >= 0.3 is 0 Å². The minimum Gasteiger partial charge on any atom is -0.321 e. The van der Waals surface area contributed by atoms with Crippen LogP contribution in [0.2, 0.25) is 0 Å². The summed E-state index contributed by atoms with van der Waals surface area (Å²) in [7, 11) is 0. The smallest absolute Gasteiger partial charge is 0.270 e. The number of fused-ring (bicyclic) bond motifs is 1. The van der Waals surface area contributed by atoms with E-state index in [1.807, 2.05) is 22.6 Å². The lowest BCUT2D eigenvalue weighted by atomic mass is 10.3. The van der Waals surface area contributed by atoms with Crippen LogP contribution >= 0.6 is 22.6 Å². The number of rotatable bonds is 1. The summed E-state index contributed by atoms with van der Waals surface area (Å²) < 4.78 is 41.0. The molecule has 1 atom stereocenters. The van der Waals surface area contributed by atoms with Crippen molar-refractivity contribution in [3.05, 3.63) is 27.8 Å². The molecule has 2 nitrogen and oxygen atoms in total. The van der Waals surface area contributed by atoms with E-state index in [4.69, 9.17) is 0 Å². The Morgan fingerprint density at radius 1 is 1.44 bits per heavy atom. The van der Waals surface area contributed by atoms with Gasteiger partial charge in [-0.1, -0.05) is 0 Å². The molecule has 1 saturated carbocycles. The van der Waals surface area contributed by atoms with Crippen LogP contribution in [0.1, 0.15) is 12.5 Å². The molecule has 2 aromatic rings. The van der Waals surface area contributed by atoms with Crippen LogP contribution in [0.15, 0.2) is 18.5 Å². The fourth-order valence-corrected chi connectivity index (χ4v) is 2.22. The van der Waals surface area contributed by atoms with E-state index < -0.39 is 17.8 Å². The van der Waals surface area contributed by atoms with Gasteiger partial charge in [-0.05, 0) is 28.7 Å². The number of benzene rings is 1. The largest absolute Gasteiger partial charge is 0.321 e. The summed E-state index contributed by atoms with van der Waals surface area (Å²) in [5, 5.41) is 0. The van der Waals surface area contributed by atoms with E-state index in [-0.39, 0.29) is 6.42 Å². The molecular weight excluding hydrogens is 332 g/mol. The monoisotopic (exact) mass is 338 g/mol. The fraction of sp³-hybridized carbons (Fsp3) is 0.300. The van der Waals surface area contributed by atoms with Crippen molar-refractivity contribution >= 4 is 33.6 Å². The van der Waals surface area contributed by atoms with Gasteiger partial charge < -0.3 is 4.57 Å². The number of alkyl halides is 2. The average molecular weight is 338 g/mol. The molecule has 0 aliphatic heterocycles. The zero-order valence-corrected chi connectivity index (χ0v) is 10.1. The second kappa shape index (κ2) is 3.12. The SMILES string of the molecule is Fc1cc2c(cc1I)ncn2[C@H]1CC1(F)F. The van der Waals surface area contributed by atoms with Crippen LogP contribution in [-0.2, 0) is 0 Å². The zero-order chi connectivity index (χ0) is 11.5. The van der Waals surface area contributed by atoms with Crippen molar-refractivity contribution in [1.82, 2.24) is 9.55 Å². The highest BCUT2D eigenvalue weighted by atomic mass is 127. The molecule has 0 N–H and O–H groups in total. The first-order valence-corrected chi connectivity index (χ1v) is 5.76. The molecule has 0 unspecified atom stereocenters. The lowest BCUT2D eigenvalue weighted by molar-refractivity contribution is 0.101. The first-order chi connectivity index (χ1) is 7.49. The maximum atomic E-state index is 13.3. The normalized spacial score (nSPS) is 22.6. The van der Waals surface area contributed by atoms with E-state index in [1.54, 1.807) is 6.07 Å². The van der Waals surface area contributed by atoms with Crippen molar-refractivity contribution < 1.29 is 13.2 Å². The Bertz CT molecular complexity index is 579. The van der Waals surface area contributed by atoms with Gasteiger partial charge in [-0.25, -0.2) is 18.2 Å². The molecule has 1 aromatic heterocycles. The first-order valence-electron chi connectivity index (χ1n) is 4.68. The second-order valence-electron chi connectivity index (χ2n) is 3.89. The summed E-state index contributed by atoms with van der Waals surface area (Å²) in [5.41, 5.74) is 0.980. The van der Waals surface area contributed by atoms with Crippen molar-refractivity contribution in [3.63, 3.8) is 0 Å². The van der Waals surface area contributed by atoms with Gasteiger partial charge in [0.1, 0.15) is 11.9 Å². The van der Waals surface area contributed by atoms with Gasteiger partial charge in [0.15, 0.2) is 0 Å². The van der Waals surface area contributed by atoms with E-state index in [0.29, 0.717) is 14.6 Å². The highest BCUT2D eigenvalue weighted by molar-refractivity contribution is 14.1. The predicted molar refractivity (Wildman–Crippen MR) is 61.0 cm³/mol. The lowest BCUT2D eigenvalue weighted by Gasteiger charge is -2.02. The van der Waals surface area contributed by atoms with E-state index in [2.05, 4.69) is 4.98 Å². The van der Waals surface area contributed by atoms with Gasteiger partial charge in [-0.15, -0.1) is 0 Å². The number of hydrogen-bond acceptors (Lipinski definition) is 1. The molecule has 0 bridgehead atoms. The molecule has 1 heterocycles. The summed E-state index contributed by atoms with van der Waals surface area (Å²) in [4.78, 5) is 4.01. The summed E-state index contributed by atoms with van der Waals surface area (Å²) in [5.74, 6) is -3.08. The molecule has 0 spiro atoms. The minimum atomic E-state index is -2.67. The Morgan fingerprint density at radius 3 is 2.75 bits per heavy atom. The second-order valence-corrected chi connectivity index (χ2v) is 5.05. The Kier molecular flexibility index (Phi) is 2.02. The molecule has 1 fully saturated rings. The van der Waals surface area contributed by atoms with Crippen molar-refractivity contribution in [3.8, 4) is 0 Å². The molecule has 1 aliphatic carbocycles. The summed E-state index contributed by atoms with van der Waals surface area (Å²) in [6.45, 7) is 0. The van der Waals surface area contributed by atoms with Crippen LogP contribution in [0.25, 0.3) is 11.0 Å². The quantitative estimate of drug-likeness (QED) is 0.729. The van der Waals surface area contributed by atoms with Crippen LogP contribution in [0.3, 0.4) is 0 Å². The summed E-state index contributed by atoms with van der Waals surface area (Å²) >= 11 is 1.85. The van der Waals surface area contributed by atoms with E-state index in [0.717, 1.165) is 0 Å². The topological polar surface area (TPSA) is 17.8 Å². The van der Waals surface area contributed by atoms with Crippen LogP contribution in [-0.4, -0.2) is 15.5 Å². The first kappa shape index (κ1) is 10.4. The standard InChI is InChI=1S/C10H6F3IN2/c11-5-1-8-7(2-6(5)14)15-4-16(8)9-3-10(9,12)13/h1-2,4,9H,3H2/t9-/m0/s1. The van der Waals surface area contributed by atoms with Crippen molar-refractivity contribution in [2.75, 3.05) is 0 Å². The maximum Gasteiger partial charge on any atom is 0.270 e. The van der Waals surface area contributed by atoms with E-state index >= 15 is 0 Å². The molecule has 1 aliphatic rings. The molecule has 6 heteroatoms. The number of nitrogens with zero attached hydrogens (tertiary/aromatic N) is 2. The number of hydrogen-bond donors (Lipinski definition) is 0. The molecule has 84 valence electrons. The lowest BCUT2D eigenvalue weighted by Crippen LogP contribution is -2.01. The Morgan fingerprint density at radius 2 is 2.12 bits per heavy atom. The minimum absolute atomic E-state index is 0.188. The Balaban J connectivity index is 2.17. The molecular formula is C10H6F3IN2. The zero-order valence-electron chi connectivity index (χ0n) is 7.92. The van der Waals surface area contributed by atoms with Crippen LogP contribution in [0.5, 0.6) is 0 Å². The predicted octanol–water partition coefficient (Wildman–Crippen LogP) is 3.36. The van der Waals surface area contributed by atoms with Gasteiger partial charge in [0.05, 0.1) is 20.9 Å². The number of aromatic nitrogens is 2. The fourth-order valence-electron chi connectivity index (χ4n) is 1.77. The van der Waals surface area contributed by atoms with Gasteiger partial charge in [-0.3, -0.25) is 0 Å². The maximum absolute atomic E-state index is 13.3. The summed E-state index contributed by atoms with van der Waals surface area (Å²) in [6.07, 6.45) is 1.16. The van der Waals surface area contributed by atoms with E-state index in [1.165, 1.54) is 17.0 Å². The van der Waals surface area contributed by atoms with Gasteiger partial charge in [0, 0.05) is 12.5 Å². The van der Waals surface area contributed by atoms with Crippen molar-refractivity contribution in [2.24, 2.45) is 0 Å². The van der Waals surface area contributed by atoms with Gasteiger partial charge in [0.25, 0.3) is 5.92 Å². The molecule has 0 radical (unpaired) electrons. The molecule has 3 rings (SSSR count). The molecule has 0 amide bonds. The van der Waals surface area contributed by atoms with Crippen molar-refractivity contribution in [1.29, 1.82) is 0 Å². The number of halogens is 4. The highest BCUT2D eigenvalue weighted by Gasteiger charge is 2.58. The molecule has 1 aromatic carbocycles. The summed E-state index contributed by atoms with van der Waals surface area (Å²) in [6, 6.07) is 1.96. The average Bonchev–Trinajstić information content (AvgIpc) is 2.66. The van der Waals surface area contributed by atoms with Crippen LogP contribution in [0, 0.1) is 9.39 Å². The third-order valence-corrected chi connectivity index (χ3v) is 3.57.